The van der Waals surface area contributed by atoms with E-state index >= 15 is 0 Å². The SMILES string of the molecule is [2H]C([2H])([2H])c1c[n+](C)c(-c2c(C)ccc3c2oc2ccccc23)cc1-c1c(C(C)C)cc(-c2cc(F)cc(F)c2)cc1C(C)C. The van der Waals surface area contributed by atoms with Crippen molar-refractivity contribution < 1.29 is 21.9 Å². The summed E-state index contributed by atoms with van der Waals surface area (Å²) in [6, 6.07) is 21.5. The Labute approximate surface area is 250 Å². The first kappa shape index (κ1) is 24.3. The third-order valence-corrected chi connectivity index (χ3v) is 8.19. The predicted molar refractivity (Wildman–Crippen MR) is 169 cm³/mol. The Balaban J connectivity index is 1.71. The normalized spacial score (nSPS) is 13.2. The Kier molecular flexibility index (Phi) is 6.08. The number of aryl methyl sites for hydroxylation is 3. The van der Waals surface area contributed by atoms with Crippen LogP contribution in [0.4, 0.5) is 8.78 Å². The molecule has 0 atom stereocenters. The molecule has 0 saturated heterocycles. The van der Waals surface area contributed by atoms with Crippen LogP contribution < -0.4 is 4.57 Å². The molecule has 4 aromatic carbocycles. The molecule has 42 heavy (non-hydrogen) atoms. The minimum atomic E-state index is -2.40. The highest BCUT2D eigenvalue weighted by atomic mass is 19.1. The maximum absolute atomic E-state index is 14.3. The Morgan fingerprint density at radius 3 is 2.02 bits per heavy atom. The first-order valence-corrected chi connectivity index (χ1v) is 14.3. The molecule has 0 spiro atoms. The zero-order chi connectivity index (χ0) is 32.4. The lowest BCUT2D eigenvalue weighted by atomic mass is 9.81. The van der Waals surface area contributed by atoms with Crippen LogP contribution in [0.1, 0.15) is 65.9 Å². The first-order valence-electron chi connectivity index (χ1n) is 15.8. The predicted octanol–water partition coefficient (Wildman–Crippen LogP) is 10.6. The van der Waals surface area contributed by atoms with E-state index in [2.05, 4.69) is 39.8 Å². The number of halogens is 2. The minimum absolute atomic E-state index is 0.0155. The monoisotopic (exact) mass is 563 g/mol. The number of benzene rings is 4. The standard InChI is InChI=1S/C38H36F2NO/c1-21(2)31-16-26(25-14-27(39)18-28(40)15-25)17-32(22(3)4)37(31)33-19-34(41(7)20-24(33)6)36-23(5)12-13-30-29-10-8-9-11-35(29)42-38(30)36/h8-22H,1-7H3/q+1/i6D3. The number of pyridine rings is 1. The number of fused-ring (bicyclic) bond motifs is 3. The van der Waals surface area contributed by atoms with Crippen LogP contribution in [0.25, 0.3) is 55.4 Å². The highest BCUT2D eigenvalue weighted by molar-refractivity contribution is 6.09. The van der Waals surface area contributed by atoms with Crippen molar-refractivity contribution in [1.29, 1.82) is 0 Å². The fourth-order valence-corrected chi connectivity index (χ4v) is 6.11. The van der Waals surface area contributed by atoms with Crippen molar-refractivity contribution in [2.75, 3.05) is 0 Å². The highest BCUT2D eigenvalue weighted by Gasteiger charge is 2.26. The molecule has 212 valence electrons. The van der Waals surface area contributed by atoms with Gasteiger partial charge >= 0.3 is 0 Å². The van der Waals surface area contributed by atoms with Crippen LogP contribution in [0.3, 0.4) is 0 Å². The van der Waals surface area contributed by atoms with Gasteiger partial charge in [0.05, 0.1) is 5.56 Å². The Hall–Kier alpha value is -4.31. The van der Waals surface area contributed by atoms with Crippen LogP contribution in [0.5, 0.6) is 0 Å². The molecule has 0 saturated carbocycles. The second kappa shape index (κ2) is 10.5. The molecule has 0 radical (unpaired) electrons. The van der Waals surface area contributed by atoms with Crippen LogP contribution >= 0.6 is 0 Å². The first-order chi connectivity index (χ1) is 21.2. The number of furan rings is 1. The number of hydrogen-bond donors (Lipinski definition) is 0. The smallest absolute Gasteiger partial charge is 0.216 e. The van der Waals surface area contributed by atoms with E-state index < -0.39 is 18.5 Å². The van der Waals surface area contributed by atoms with E-state index in [9.17, 15) is 8.78 Å². The minimum Gasteiger partial charge on any atom is -0.455 e. The van der Waals surface area contributed by atoms with Crippen molar-refractivity contribution in [3.63, 3.8) is 0 Å². The molecular weight excluding hydrogens is 524 g/mol. The summed E-state index contributed by atoms with van der Waals surface area (Å²) in [5.74, 6) is -1.32. The molecule has 0 aliphatic heterocycles. The number of rotatable bonds is 5. The van der Waals surface area contributed by atoms with Gasteiger partial charge in [0.2, 0.25) is 5.69 Å². The number of aromatic nitrogens is 1. The molecule has 0 unspecified atom stereocenters. The molecular formula is C38H36F2NO+. The largest absolute Gasteiger partial charge is 0.455 e. The maximum atomic E-state index is 14.3. The van der Waals surface area contributed by atoms with E-state index in [0.717, 1.165) is 61.5 Å². The topological polar surface area (TPSA) is 17.0 Å². The quantitative estimate of drug-likeness (QED) is 0.191. The van der Waals surface area contributed by atoms with E-state index in [4.69, 9.17) is 8.53 Å². The Morgan fingerprint density at radius 1 is 0.738 bits per heavy atom. The number of hydrogen-bond acceptors (Lipinski definition) is 1. The molecule has 0 amide bonds. The van der Waals surface area contributed by atoms with Gasteiger partial charge in [-0.05, 0) is 82.8 Å². The zero-order valence-corrected chi connectivity index (χ0v) is 24.8. The van der Waals surface area contributed by atoms with Crippen LogP contribution in [-0.4, -0.2) is 0 Å². The van der Waals surface area contributed by atoms with Crippen molar-refractivity contribution in [3.05, 3.63) is 113 Å². The summed E-state index contributed by atoms with van der Waals surface area (Å²) in [5.41, 5.74) is 8.87. The highest BCUT2D eigenvalue weighted by Crippen LogP contribution is 2.43. The van der Waals surface area contributed by atoms with Crippen LogP contribution in [0.2, 0.25) is 0 Å². The van der Waals surface area contributed by atoms with Gasteiger partial charge in [-0.3, -0.25) is 0 Å². The second-order valence-electron chi connectivity index (χ2n) is 11.8. The van der Waals surface area contributed by atoms with Gasteiger partial charge in [0.1, 0.15) is 29.8 Å². The van der Waals surface area contributed by atoms with Gasteiger partial charge in [-0.25, -0.2) is 13.3 Å². The van der Waals surface area contributed by atoms with Gasteiger partial charge in [0.15, 0.2) is 6.20 Å². The van der Waals surface area contributed by atoms with Gasteiger partial charge in [-0.1, -0.05) is 70.2 Å². The van der Waals surface area contributed by atoms with E-state index in [1.165, 1.54) is 12.1 Å². The molecule has 4 heteroatoms. The van der Waals surface area contributed by atoms with Crippen LogP contribution in [0, 0.1) is 25.4 Å². The summed E-state index contributed by atoms with van der Waals surface area (Å²) in [5, 5.41) is 2.01. The van der Waals surface area contributed by atoms with Crippen molar-refractivity contribution >= 4 is 21.9 Å². The fourth-order valence-electron chi connectivity index (χ4n) is 6.11. The molecule has 0 aliphatic carbocycles. The lowest BCUT2D eigenvalue weighted by molar-refractivity contribution is -0.660. The Morgan fingerprint density at radius 2 is 1.38 bits per heavy atom. The molecule has 2 heterocycles. The average molecular weight is 564 g/mol. The van der Waals surface area contributed by atoms with E-state index in [-0.39, 0.29) is 17.4 Å². The van der Waals surface area contributed by atoms with E-state index in [1.807, 2.05) is 61.0 Å². The van der Waals surface area contributed by atoms with Crippen molar-refractivity contribution in [1.82, 2.24) is 0 Å². The number of para-hydroxylation sites is 1. The molecule has 0 bridgehead atoms. The summed E-state index contributed by atoms with van der Waals surface area (Å²) in [4.78, 5) is 0. The summed E-state index contributed by atoms with van der Waals surface area (Å²) >= 11 is 0. The fraction of sp³-hybridized carbons (Fsp3) is 0.237. The van der Waals surface area contributed by atoms with Crippen LogP contribution in [0.15, 0.2) is 83.4 Å². The summed E-state index contributed by atoms with van der Waals surface area (Å²) in [7, 11) is 1.86. The molecule has 6 aromatic rings. The lowest BCUT2D eigenvalue weighted by Gasteiger charge is -2.23. The molecule has 0 N–H and O–H groups in total. The molecule has 2 aromatic heterocycles. The van der Waals surface area contributed by atoms with Gasteiger partial charge in [-0.2, -0.15) is 0 Å². The van der Waals surface area contributed by atoms with Crippen molar-refractivity contribution in [3.8, 4) is 33.5 Å². The summed E-state index contributed by atoms with van der Waals surface area (Å²) in [6.07, 6.45) is 1.71. The summed E-state index contributed by atoms with van der Waals surface area (Å²) in [6.45, 7) is 7.84. The molecule has 2 nitrogen and oxygen atoms in total. The maximum Gasteiger partial charge on any atom is 0.216 e. The molecule has 0 aliphatic rings. The third-order valence-electron chi connectivity index (χ3n) is 8.19. The van der Waals surface area contributed by atoms with Crippen LogP contribution in [-0.2, 0) is 7.05 Å². The molecule has 6 rings (SSSR count). The Bertz CT molecular complexity index is 2060. The average Bonchev–Trinajstić information content (AvgIpc) is 3.34. The van der Waals surface area contributed by atoms with Crippen molar-refractivity contribution in [2.45, 2.75) is 53.3 Å². The molecule has 0 fully saturated rings. The van der Waals surface area contributed by atoms with Gasteiger partial charge < -0.3 is 4.42 Å². The lowest BCUT2D eigenvalue weighted by Crippen LogP contribution is -2.31. The summed E-state index contributed by atoms with van der Waals surface area (Å²) < 4.78 is 62.7. The van der Waals surface area contributed by atoms with Gasteiger partial charge in [0.25, 0.3) is 0 Å². The van der Waals surface area contributed by atoms with Gasteiger partial charge in [0, 0.05) is 32.6 Å². The number of nitrogens with zero attached hydrogens (tertiary/aromatic N) is 1. The van der Waals surface area contributed by atoms with E-state index in [0.29, 0.717) is 16.7 Å². The van der Waals surface area contributed by atoms with Gasteiger partial charge in [-0.15, -0.1) is 0 Å². The van der Waals surface area contributed by atoms with E-state index in [1.54, 1.807) is 6.20 Å². The third kappa shape index (κ3) is 4.69. The second-order valence-corrected chi connectivity index (χ2v) is 11.8. The zero-order valence-electron chi connectivity index (χ0n) is 27.8. The van der Waals surface area contributed by atoms with Crippen molar-refractivity contribution in [2.24, 2.45) is 7.05 Å².